The van der Waals surface area contributed by atoms with Gasteiger partial charge in [-0.2, -0.15) is 8.78 Å². The molecule has 0 amide bonds. The zero-order valence-corrected chi connectivity index (χ0v) is 10.4. The van der Waals surface area contributed by atoms with Crippen molar-refractivity contribution < 1.29 is 13.5 Å². The number of piperazine rings is 1. The SMILES string of the molecule is C[C@H]1CNCCN1Cc1ccc(OC(F)F)cc1. The highest BCUT2D eigenvalue weighted by atomic mass is 19.3. The highest BCUT2D eigenvalue weighted by Crippen LogP contribution is 2.17. The Hall–Kier alpha value is -1.20. The molecule has 1 aliphatic rings. The second-order valence-electron chi connectivity index (χ2n) is 4.55. The molecule has 3 nitrogen and oxygen atoms in total. The molecule has 1 heterocycles. The molecule has 100 valence electrons. The molecule has 0 aliphatic carbocycles. The Morgan fingerprint density at radius 3 is 2.72 bits per heavy atom. The van der Waals surface area contributed by atoms with E-state index >= 15 is 0 Å². The molecule has 0 radical (unpaired) electrons. The number of hydrogen-bond donors (Lipinski definition) is 1. The summed E-state index contributed by atoms with van der Waals surface area (Å²) in [5, 5.41) is 3.34. The fourth-order valence-corrected chi connectivity index (χ4v) is 2.13. The number of hydrogen-bond acceptors (Lipinski definition) is 3. The molecule has 1 saturated heterocycles. The highest BCUT2D eigenvalue weighted by Gasteiger charge is 2.17. The van der Waals surface area contributed by atoms with E-state index in [0.717, 1.165) is 31.7 Å². The van der Waals surface area contributed by atoms with Gasteiger partial charge in [-0.05, 0) is 24.6 Å². The van der Waals surface area contributed by atoms with Crippen molar-refractivity contribution >= 4 is 0 Å². The number of benzene rings is 1. The lowest BCUT2D eigenvalue weighted by atomic mass is 10.1. The lowest BCUT2D eigenvalue weighted by molar-refractivity contribution is -0.0498. The molecule has 1 aliphatic heterocycles. The topological polar surface area (TPSA) is 24.5 Å². The molecule has 1 fully saturated rings. The van der Waals surface area contributed by atoms with E-state index in [1.54, 1.807) is 12.1 Å². The maximum Gasteiger partial charge on any atom is 0.387 e. The van der Waals surface area contributed by atoms with Gasteiger partial charge >= 0.3 is 6.61 Å². The minimum atomic E-state index is -2.76. The summed E-state index contributed by atoms with van der Waals surface area (Å²) < 4.78 is 28.3. The van der Waals surface area contributed by atoms with Gasteiger partial charge in [-0.3, -0.25) is 4.90 Å². The number of rotatable bonds is 4. The van der Waals surface area contributed by atoms with Crippen LogP contribution in [-0.4, -0.2) is 37.2 Å². The summed E-state index contributed by atoms with van der Waals surface area (Å²) in [7, 11) is 0. The van der Waals surface area contributed by atoms with Gasteiger partial charge in [-0.15, -0.1) is 0 Å². The lowest BCUT2D eigenvalue weighted by Crippen LogP contribution is -2.49. The van der Waals surface area contributed by atoms with Crippen molar-refractivity contribution in [2.24, 2.45) is 0 Å². The van der Waals surface area contributed by atoms with Crippen LogP contribution in [0.2, 0.25) is 0 Å². The van der Waals surface area contributed by atoms with E-state index in [9.17, 15) is 8.78 Å². The third-order valence-electron chi connectivity index (χ3n) is 3.17. The van der Waals surface area contributed by atoms with Gasteiger partial charge in [-0.25, -0.2) is 0 Å². The van der Waals surface area contributed by atoms with Crippen LogP contribution in [0.5, 0.6) is 5.75 Å². The smallest absolute Gasteiger partial charge is 0.387 e. The Morgan fingerprint density at radius 1 is 1.39 bits per heavy atom. The molecule has 1 aromatic carbocycles. The Balaban J connectivity index is 1.93. The first-order chi connectivity index (χ1) is 8.65. The maximum atomic E-state index is 12.0. The fourth-order valence-electron chi connectivity index (χ4n) is 2.13. The van der Waals surface area contributed by atoms with Crippen LogP contribution in [0.25, 0.3) is 0 Å². The third kappa shape index (κ3) is 3.65. The largest absolute Gasteiger partial charge is 0.435 e. The quantitative estimate of drug-likeness (QED) is 0.892. The first-order valence-corrected chi connectivity index (χ1v) is 6.13. The zero-order chi connectivity index (χ0) is 13.0. The summed E-state index contributed by atoms with van der Waals surface area (Å²) >= 11 is 0. The van der Waals surface area contributed by atoms with E-state index in [0.29, 0.717) is 6.04 Å². The minimum absolute atomic E-state index is 0.210. The van der Waals surface area contributed by atoms with Gasteiger partial charge in [-0.1, -0.05) is 12.1 Å². The number of nitrogens with zero attached hydrogens (tertiary/aromatic N) is 1. The molecule has 0 bridgehead atoms. The van der Waals surface area contributed by atoms with Crippen molar-refractivity contribution in [3.8, 4) is 5.75 Å². The van der Waals surface area contributed by atoms with E-state index in [2.05, 4.69) is 21.9 Å². The first kappa shape index (κ1) is 13.2. The second-order valence-corrected chi connectivity index (χ2v) is 4.55. The second kappa shape index (κ2) is 6.11. The molecular weight excluding hydrogens is 238 g/mol. The Kier molecular flexibility index (Phi) is 4.49. The van der Waals surface area contributed by atoms with E-state index in [-0.39, 0.29) is 5.75 Å². The predicted octanol–water partition coefficient (Wildman–Crippen LogP) is 2.08. The van der Waals surface area contributed by atoms with Gasteiger partial charge < -0.3 is 10.1 Å². The van der Waals surface area contributed by atoms with Crippen LogP contribution in [0.15, 0.2) is 24.3 Å². The average molecular weight is 256 g/mol. The standard InChI is InChI=1S/C13H18F2N2O/c1-10-8-16-6-7-17(10)9-11-2-4-12(5-3-11)18-13(14)15/h2-5,10,13,16H,6-9H2,1H3/t10-/m0/s1. The molecule has 5 heteroatoms. The van der Waals surface area contributed by atoms with Crippen LogP contribution >= 0.6 is 0 Å². The number of ether oxygens (including phenoxy) is 1. The van der Waals surface area contributed by atoms with E-state index in [1.165, 1.54) is 0 Å². The number of halogens is 2. The number of alkyl halides is 2. The van der Waals surface area contributed by atoms with E-state index < -0.39 is 6.61 Å². The van der Waals surface area contributed by atoms with Gasteiger partial charge in [0.25, 0.3) is 0 Å². The summed E-state index contributed by atoms with van der Waals surface area (Å²) in [5.74, 6) is 0.210. The summed E-state index contributed by atoms with van der Waals surface area (Å²) in [6.07, 6.45) is 0. The van der Waals surface area contributed by atoms with Crippen molar-refractivity contribution in [2.75, 3.05) is 19.6 Å². The van der Waals surface area contributed by atoms with Crippen LogP contribution in [0.1, 0.15) is 12.5 Å². The maximum absolute atomic E-state index is 12.0. The fraction of sp³-hybridized carbons (Fsp3) is 0.538. The van der Waals surface area contributed by atoms with Gasteiger partial charge in [0.1, 0.15) is 5.75 Å². The lowest BCUT2D eigenvalue weighted by Gasteiger charge is -2.33. The molecule has 0 aromatic heterocycles. The van der Waals surface area contributed by atoms with Crippen molar-refractivity contribution in [1.82, 2.24) is 10.2 Å². The Morgan fingerprint density at radius 2 is 2.11 bits per heavy atom. The van der Waals surface area contributed by atoms with Crippen LogP contribution in [-0.2, 0) is 6.54 Å². The normalized spacial score (nSPS) is 21.2. The highest BCUT2D eigenvalue weighted by molar-refractivity contribution is 5.27. The molecule has 0 unspecified atom stereocenters. The summed E-state index contributed by atoms with van der Waals surface area (Å²) in [6, 6.07) is 7.36. The van der Waals surface area contributed by atoms with Gasteiger partial charge in [0.05, 0.1) is 0 Å². The molecule has 1 atom stereocenters. The van der Waals surface area contributed by atoms with Crippen molar-refractivity contribution in [1.29, 1.82) is 0 Å². The van der Waals surface area contributed by atoms with Crippen molar-refractivity contribution in [3.05, 3.63) is 29.8 Å². The molecule has 0 saturated carbocycles. The molecular formula is C13H18F2N2O. The summed E-state index contributed by atoms with van der Waals surface area (Å²) in [4.78, 5) is 2.37. The van der Waals surface area contributed by atoms with E-state index in [1.807, 2.05) is 12.1 Å². The first-order valence-electron chi connectivity index (χ1n) is 6.13. The molecule has 0 spiro atoms. The molecule has 1 N–H and O–H groups in total. The van der Waals surface area contributed by atoms with Crippen LogP contribution in [0.3, 0.4) is 0 Å². The minimum Gasteiger partial charge on any atom is -0.435 e. The van der Waals surface area contributed by atoms with Crippen LogP contribution in [0.4, 0.5) is 8.78 Å². The van der Waals surface area contributed by atoms with Crippen LogP contribution in [0, 0.1) is 0 Å². The molecule has 2 rings (SSSR count). The van der Waals surface area contributed by atoms with Gasteiger partial charge in [0.2, 0.25) is 0 Å². The predicted molar refractivity (Wildman–Crippen MR) is 65.8 cm³/mol. The molecule has 18 heavy (non-hydrogen) atoms. The molecule has 1 aromatic rings. The van der Waals surface area contributed by atoms with Crippen molar-refractivity contribution in [3.63, 3.8) is 0 Å². The van der Waals surface area contributed by atoms with Gasteiger partial charge in [0, 0.05) is 32.2 Å². The van der Waals surface area contributed by atoms with Crippen molar-refractivity contribution in [2.45, 2.75) is 26.1 Å². The third-order valence-corrected chi connectivity index (χ3v) is 3.17. The Labute approximate surface area is 106 Å². The summed E-state index contributed by atoms with van der Waals surface area (Å²) in [5.41, 5.74) is 1.12. The number of nitrogens with one attached hydrogen (secondary N) is 1. The van der Waals surface area contributed by atoms with E-state index in [4.69, 9.17) is 0 Å². The van der Waals surface area contributed by atoms with Gasteiger partial charge in [0.15, 0.2) is 0 Å². The monoisotopic (exact) mass is 256 g/mol. The summed E-state index contributed by atoms with van der Waals surface area (Å²) in [6.45, 7) is 3.27. The average Bonchev–Trinajstić information content (AvgIpc) is 2.34. The Bertz CT molecular complexity index is 370. The van der Waals surface area contributed by atoms with Crippen LogP contribution < -0.4 is 10.1 Å². The zero-order valence-electron chi connectivity index (χ0n) is 10.4.